The van der Waals surface area contributed by atoms with Gasteiger partial charge in [0, 0.05) is 25.6 Å². The highest BCUT2D eigenvalue weighted by molar-refractivity contribution is 5.82. The SMILES string of the molecule is Cc1cccc([C@@H]2c3cc(O[C@H](C)C(=O)NC[C@H]4CCCO4)ccc3CCN2C(=O)C2CC2)c1. The largest absolute Gasteiger partial charge is 0.481 e. The summed E-state index contributed by atoms with van der Waals surface area (Å²) in [5, 5.41) is 2.95. The fraction of sp³-hybridized carbons (Fsp3) is 0.500. The van der Waals surface area contributed by atoms with Crippen LogP contribution in [0, 0.1) is 12.8 Å². The summed E-state index contributed by atoms with van der Waals surface area (Å²) < 4.78 is 11.7. The first-order valence-corrected chi connectivity index (χ1v) is 12.6. The Hall–Kier alpha value is -2.86. The average molecular weight is 463 g/mol. The number of carbonyl (C=O) groups excluding carboxylic acids is 2. The number of hydrogen-bond acceptors (Lipinski definition) is 4. The molecule has 1 saturated carbocycles. The number of ether oxygens (including phenoxy) is 2. The molecule has 1 saturated heterocycles. The highest BCUT2D eigenvalue weighted by atomic mass is 16.5. The van der Waals surface area contributed by atoms with Gasteiger partial charge >= 0.3 is 0 Å². The maximum Gasteiger partial charge on any atom is 0.260 e. The zero-order chi connectivity index (χ0) is 23.7. The van der Waals surface area contributed by atoms with Gasteiger partial charge in [-0.2, -0.15) is 0 Å². The number of nitrogens with zero attached hydrogens (tertiary/aromatic N) is 1. The predicted molar refractivity (Wildman–Crippen MR) is 130 cm³/mol. The van der Waals surface area contributed by atoms with Crippen molar-refractivity contribution >= 4 is 11.8 Å². The van der Waals surface area contributed by atoms with E-state index in [0.29, 0.717) is 12.3 Å². The lowest BCUT2D eigenvalue weighted by Gasteiger charge is -2.38. The van der Waals surface area contributed by atoms with E-state index in [1.165, 1.54) is 11.1 Å². The molecular formula is C28H34N2O4. The minimum atomic E-state index is -0.621. The second kappa shape index (κ2) is 9.79. The van der Waals surface area contributed by atoms with Gasteiger partial charge in [0.15, 0.2) is 6.10 Å². The molecule has 34 heavy (non-hydrogen) atoms. The van der Waals surface area contributed by atoms with Crippen LogP contribution in [0.2, 0.25) is 0 Å². The quantitative estimate of drug-likeness (QED) is 0.677. The number of benzene rings is 2. The first-order chi connectivity index (χ1) is 16.5. The lowest BCUT2D eigenvalue weighted by molar-refractivity contribution is -0.134. The fourth-order valence-electron chi connectivity index (χ4n) is 5.09. The van der Waals surface area contributed by atoms with Gasteiger partial charge in [-0.25, -0.2) is 0 Å². The average Bonchev–Trinajstić information content (AvgIpc) is 3.56. The van der Waals surface area contributed by atoms with Crippen LogP contribution in [0.1, 0.15) is 60.9 Å². The van der Waals surface area contributed by atoms with E-state index in [0.717, 1.165) is 56.4 Å². The summed E-state index contributed by atoms with van der Waals surface area (Å²) in [4.78, 5) is 27.9. The van der Waals surface area contributed by atoms with Crippen LogP contribution in [0.5, 0.6) is 5.75 Å². The molecule has 0 spiro atoms. The fourth-order valence-corrected chi connectivity index (χ4v) is 5.09. The van der Waals surface area contributed by atoms with Gasteiger partial charge in [0.2, 0.25) is 5.91 Å². The number of fused-ring (bicyclic) bond motifs is 1. The molecule has 180 valence electrons. The van der Waals surface area contributed by atoms with Gasteiger partial charge in [0.25, 0.3) is 5.91 Å². The van der Waals surface area contributed by atoms with E-state index in [1.807, 2.05) is 12.1 Å². The Bertz CT molecular complexity index is 1060. The molecule has 2 aromatic carbocycles. The number of hydrogen-bond donors (Lipinski definition) is 1. The Labute approximate surface area is 201 Å². The third kappa shape index (κ3) is 4.97. The minimum Gasteiger partial charge on any atom is -0.481 e. The van der Waals surface area contributed by atoms with Crippen LogP contribution in [0.15, 0.2) is 42.5 Å². The second-order valence-corrected chi connectivity index (χ2v) is 9.87. The zero-order valence-electron chi connectivity index (χ0n) is 20.1. The van der Waals surface area contributed by atoms with Gasteiger partial charge in [0.05, 0.1) is 12.1 Å². The molecule has 6 heteroatoms. The molecule has 1 N–H and O–H groups in total. The normalized spacial score (nSPS) is 22.7. The van der Waals surface area contributed by atoms with E-state index < -0.39 is 6.10 Å². The molecule has 0 unspecified atom stereocenters. The van der Waals surface area contributed by atoms with Crippen molar-refractivity contribution in [3.8, 4) is 5.75 Å². The Kier molecular flexibility index (Phi) is 6.59. The van der Waals surface area contributed by atoms with Crippen molar-refractivity contribution in [2.24, 2.45) is 5.92 Å². The Morgan fingerprint density at radius 3 is 2.76 bits per heavy atom. The molecule has 5 rings (SSSR count). The van der Waals surface area contributed by atoms with Crippen molar-refractivity contribution in [2.45, 2.75) is 64.2 Å². The summed E-state index contributed by atoms with van der Waals surface area (Å²) in [6.45, 7) is 5.86. The van der Waals surface area contributed by atoms with Crippen LogP contribution in [0.25, 0.3) is 0 Å². The predicted octanol–water partition coefficient (Wildman–Crippen LogP) is 3.94. The molecule has 3 aliphatic rings. The second-order valence-electron chi connectivity index (χ2n) is 9.87. The zero-order valence-corrected chi connectivity index (χ0v) is 20.1. The molecule has 6 nitrogen and oxygen atoms in total. The van der Waals surface area contributed by atoms with E-state index >= 15 is 0 Å². The van der Waals surface area contributed by atoms with Crippen molar-refractivity contribution in [3.05, 3.63) is 64.7 Å². The first-order valence-electron chi connectivity index (χ1n) is 12.6. The van der Waals surface area contributed by atoms with Crippen molar-refractivity contribution in [1.29, 1.82) is 0 Å². The van der Waals surface area contributed by atoms with Crippen LogP contribution in [-0.2, 0) is 20.7 Å². The number of nitrogens with one attached hydrogen (secondary N) is 1. The lowest BCUT2D eigenvalue weighted by Crippen LogP contribution is -2.41. The molecule has 2 fully saturated rings. The van der Waals surface area contributed by atoms with Crippen LogP contribution >= 0.6 is 0 Å². The number of rotatable bonds is 7. The standard InChI is InChI=1S/C28H34N2O4/c1-18-5-3-6-22(15-18)26-25-16-23(34-19(2)27(31)29-17-24-7-4-14-33-24)11-10-20(25)12-13-30(26)28(32)21-8-9-21/h3,5-6,10-11,15-16,19,21,24,26H,4,7-9,12-14,17H2,1-2H3,(H,29,31)/t19-,24-,26-/m1/s1. The van der Waals surface area contributed by atoms with Gasteiger partial charge in [-0.1, -0.05) is 35.9 Å². The monoisotopic (exact) mass is 462 g/mol. The third-order valence-electron chi connectivity index (χ3n) is 7.12. The van der Waals surface area contributed by atoms with E-state index in [2.05, 4.69) is 47.5 Å². The van der Waals surface area contributed by atoms with Crippen LogP contribution in [0.4, 0.5) is 0 Å². The van der Waals surface area contributed by atoms with Crippen LogP contribution in [-0.4, -0.2) is 48.6 Å². The van der Waals surface area contributed by atoms with Crippen molar-refractivity contribution in [1.82, 2.24) is 10.2 Å². The summed E-state index contributed by atoms with van der Waals surface area (Å²) in [7, 11) is 0. The molecule has 2 heterocycles. The van der Waals surface area contributed by atoms with Crippen molar-refractivity contribution in [2.75, 3.05) is 19.7 Å². The van der Waals surface area contributed by atoms with Crippen LogP contribution in [0.3, 0.4) is 0 Å². The molecule has 1 aliphatic carbocycles. The molecule has 0 bridgehead atoms. The minimum absolute atomic E-state index is 0.102. The topological polar surface area (TPSA) is 67.9 Å². The van der Waals surface area contributed by atoms with E-state index in [4.69, 9.17) is 9.47 Å². The van der Waals surface area contributed by atoms with Crippen molar-refractivity contribution < 1.29 is 19.1 Å². The Morgan fingerprint density at radius 2 is 2.03 bits per heavy atom. The number of amides is 2. The maximum absolute atomic E-state index is 13.2. The third-order valence-corrected chi connectivity index (χ3v) is 7.12. The van der Waals surface area contributed by atoms with Gasteiger partial charge < -0.3 is 19.7 Å². The molecular weight excluding hydrogens is 428 g/mol. The van der Waals surface area contributed by atoms with Crippen LogP contribution < -0.4 is 10.1 Å². The van der Waals surface area contributed by atoms with Gasteiger partial charge in [-0.3, -0.25) is 9.59 Å². The smallest absolute Gasteiger partial charge is 0.260 e. The Balaban J connectivity index is 1.37. The molecule has 0 radical (unpaired) electrons. The summed E-state index contributed by atoms with van der Waals surface area (Å²) >= 11 is 0. The summed E-state index contributed by atoms with van der Waals surface area (Å²) in [6.07, 6.45) is 4.32. The van der Waals surface area contributed by atoms with E-state index in [9.17, 15) is 9.59 Å². The number of aryl methyl sites for hydroxylation is 1. The highest BCUT2D eigenvalue weighted by Crippen LogP contribution is 2.41. The van der Waals surface area contributed by atoms with Gasteiger partial charge in [-0.15, -0.1) is 0 Å². The molecule has 2 amide bonds. The highest BCUT2D eigenvalue weighted by Gasteiger charge is 2.39. The van der Waals surface area contributed by atoms with E-state index in [1.54, 1.807) is 6.92 Å². The molecule has 2 aliphatic heterocycles. The Morgan fingerprint density at radius 1 is 1.18 bits per heavy atom. The summed E-state index contributed by atoms with van der Waals surface area (Å²) in [6, 6.07) is 14.3. The van der Waals surface area contributed by atoms with Gasteiger partial charge in [0.1, 0.15) is 5.75 Å². The molecule has 3 atom stereocenters. The summed E-state index contributed by atoms with van der Waals surface area (Å²) in [5.41, 5.74) is 4.62. The maximum atomic E-state index is 13.2. The number of carbonyl (C=O) groups is 2. The van der Waals surface area contributed by atoms with E-state index in [-0.39, 0.29) is 29.9 Å². The van der Waals surface area contributed by atoms with Gasteiger partial charge in [-0.05, 0) is 74.8 Å². The first kappa shape index (κ1) is 22.9. The lowest BCUT2D eigenvalue weighted by atomic mass is 9.87. The molecule has 2 aromatic rings. The van der Waals surface area contributed by atoms with Crippen molar-refractivity contribution in [3.63, 3.8) is 0 Å². The molecule has 0 aromatic heterocycles. The summed E-state index contributed by atoms with van der Waals surface area (Å²) in [5.74, 6) is 0.928.